The summed E-state index contributed by atoms with van der Waals surface area (Å²) in [5.74, 6) is 0.0872. The molecule has 31 heavy (non-hydrogen) atoms. The monoisotopic (exact) mass is 439 g/mol. The smallest absolute Gasteiger partial charge is 0.292 e. The standard InChI is InChI=1S/C22H22ClN5O3/c1-14-6-9-16(12-18(14)23)27-21(15-7-8-15)17(13-26-27)22(29)25-11-10-24-19-4-2-3-5-20(19)28(30)31/h2-6,9,12-13,15,24H,7-8,10-11H2,1H3,(H,25,29). The van der Waals surface area contributed by atoms with Crippen molar-refractivity contribution in [1.29, 1.82) is 0 Å². The number of hydrogen-bond donors (Lipinski definition) is 2. The van der Waals surface area contributed by atoms with Gasteiger partial charge in [-0.05, 0) is 43.5 Å². The number of carbonyl (C=O) groups excluding carboxylic acids is 1. The number of nitro benzene ring substituents is 1. The molecule has 1 saturated carbocycles. The molecule has 9 heteroatoms. The minimum Gasteiger partial charge on any atom is -0.378 e. The summed E-state index contributed by atoms with van der Waals surface area (Å²) in [7, 11) is 0. The maximum Gasteiger partial charge on any atom is 0.292 e. The van der Waals surface area contributed by atoms with Gasteiger partial charge in [0, 0.05) is 30.1 Å². The number of aryl methyl sites for hydroxylation is 1. The van der Waals surface area contributed by atoms with Crippen molar-refractivity contribution in [1.82, 2.24) is 15.1 Å². The number of anilines is 1. The number of nitro groups is 1. The Morgan fingerprint density at radius 2 is 2.03 bits per heavy atom. The van der Waals surface area contributed by atoms with Crippen LogP contribution in [0.1, 0.15) is 40.4 Å². The van der Waals surface area contributed by atoms with Gasteiger partial charge >= 0.3 is 0 Å². The summed E-state index contributed by atoms with van der Waals surface area (Å²) in [6.07, 6.45) is 3.63. The summed E-state index contributed by atoms with van der Waals surface area (Å²) < 4.78 is 1.80. The van der Waals surface area contributed by atoms with Crippen LogP contribution in [0, 0.1) is 17.0 Å². The summed E-state index contributed by atoms with van der Waals surface area (Å²) in [6, 6.07) is 12.2. The number of halogens is 1. The highest BCUT2D eigenvalue weighted by Gasteiger charge is 2.33. The van der Waals surface area contributed by atoms with Crippen LogP contribution in [0.2, 0.25) is 5.02 Å². The Morgan fingerprint density at radius 1 is 1.26 bits per heavy atom. The van der Waals surface area contributed by atoms with E-state index in [0.29, 0.717) is 35.3 Å². The first kappa shape index (κ1) is 20.9. The molecule has 0 atom stereocenters. The lowest BCUT2D eigenvalue weighted by atomic mass is 10.1. The number of rotatable bonds is 8. The molecular formula is C22H22ClN5O3. The second-order valence-electron chi connectivity index (χ2n) is 7.52. The lowest BCUT2D eigenvalue weighted by Gasteiger charge is -2.11. The van der Waals surface area contributed by atoms with Crippen LogP contribution >= 0.6 is 11.6 Å². The van der Waals surface area contributed by atoms with Crippen molar-refractivity contribution in [2.45, 2.75) is 25.7 Å². The fourth-order valence-corrected chi connectivity index (χ4v) is 3.63. The van der Waals surface area contributed by atoms with Crippen LogP contribution in [0.25, 0.3) is 5.69 Å². The third-order valence-electron chi connectivity index (χ3n) is 5.24. The predicted octanol–water partition coefficient (Wildman–Crippen LogP) is 4.46. The van der Waals surface area contributed by atoms with Gasteiger partial charge in [-0.1, -0.05) is 29.8 Å². The Hall–Kier alpha value is -3.39. The first-order chi connectivity index (χ1) is 15.0. The van der Waals surface area contributed by atoms with Crippen LogP contribution in [0.4, 0.5) is 11.4 Å². The number of nitrogens with zero attached hydrogens (tertiary/aromatic N) is 3. The van der Waals surface area contributed by atoms with E-state index in [-0.39, 0.29) is 11.6 Å². The van der Waals surface area contributed by atoms with Gasteiger partial charge in [0.2, 0.25) is 0 Å². The molecule has 0 spiro atoms. The molecule has 2 N–H and O–H groups in total. The second kappa shape index (κ2) is 8.77. The lowest BCUT2D eigenvalue weighted by Crippen LogP contribution is -2.29. The van der Waals surface area contributed by atoms with Gasteiger partial charge in [-0.15, -0.1) is 0 Å². The van der Waals surface area contributed by atoms with Gasteiger partial charge in [0.1, 0.15) is 5.69 Å². The van der Waals surface area contributed by atoms with Crippen LogP contribution in [-0.4, -0.2) is 33.7 Å². The molecule has 8 nitrogen and oxygen atoms in total. The third-order valence-corrected chi connectivity index (χ3v) is 5.65. The molecule has 1 aromatic heterocycles. The number of benzene rings is 2. The van der Waals surface area contributed by atoms with E-state index in [9.17, 15) is 14.9 Å². The lowest BCUT2D eigenvalue weighted by molar-refractivity contribution is -0.384. The quantitative estimate of drug-likeness (QED) is 0.306. The van der Waals surface area contributed by atoms with E-state index in [1.165, 1.54) is 6.07 Å². The molecule has 1 amide bonds. The van der Waals surface area contributed by atoms with Crippen LogP contribution in [0.15, 0.2) is 48.7 Å². The topological polar surface area (TPSA) is 102 Å². The van der Waals surface area contributed by atoms with E-state index in [4.69, 9.17) is 11.6 Å². The molecule has 0 radical (unpaired) electrons. The van der Waals surface area contributed by atoms with Gasteiger partial charge in [0.15, 0.2) is 0 Å². The highest BCUT2D eigenvalue weighted by Crippen LogP contribution is 2.42. The maximum atomic E-state index is 12.8. The molecule has 160 valence electrons. The normalized spacial score (nSPS) is 13.1. The molecule has 0 bridgehead atoms. The number of nitrogens with one attached hydrogen (secondary N) is 2. The number of amides is 1. The molecule has 0 unspecified atom stereocenters. The van der Waals surface area contributed by atoms with Gasteiger partial charge in [-0.25, -0.2) is 4.68 Å². The Labute approximate surface area is 184 Å². The Bertz CT molecular complexity index is 1140. The maximum absolute atomic E-state index is 12.8. The van der Waals surface area contributed by atoms with Crippen LogP contribution in [-0.2, 0) is 0 Å². The summed E-state index contributed by atoms with van der Waals surface area (Å²) >= 11 is 6.28. The minimum absolute atomic E-state index is 0.00267. The molecule has 0 saturated heterocycles. The number of aromatic nitrogens is 2. The van der Waals surface area contributed by atoms with Gasteiger partial charge in [0.25, 0.3) is 11.6 Å². The third kappa shape index (κ3) is 4.54. The van der Waals surface area contributed by atoms with Crippen molar-refractivity contribution in [3.63, 3.8) is 0 Å². The van der Waals surface area contributed by atoms with Gasteiger partial charge < -0.3 is 10.6 Å². The van der Waals surface area contributed by atoms with Crippen molar-refractivity contribution >= 4 is 28.9 Å². The zero-order valence-corrected chi connectivity index (χ0v) is 17.7. The van der Waals surface area contributed by atoms with E-state index in [1.807, 2.05) is 25.1 Å². The molecule has 1 aliphatic carbocycles. The number of carbonyl (C=O) groups is 1. The summed E-state index contributed by atoms with van der Waals surface area (Å²) in [6.45, 7) is 2.61. The Balaban J connectivity index is 1.44. The van der Waals surface area contributed by atoms with Crippen molar-refractivity contribution in [3.8, 4) is 5.69 Å². The molecular weight excluding hydrogens is 418 g/mol. The molecule has 1 aliphatic rings. The van der Waals surface area contributed by atoms with Gasteiger partial charge in [0.05, 0.1) is 28.1 Å². The van der Waals surface area contributed by atoms with Crippen LogP contribution in [0.5, 0.6) is 0 Å². The average Bonchev–Trinajstić information content (AvgIpc) is 3.51. The van der Waals surface area contributed by atoms with E-state index >= 15 is 0 Å². The van der Waals surface area contributed by atoms with E-state index < -0.39 is 4.92 Å². The molecule has 3 aromatic rings. The van der Waals surface area contributed by atoms with Crippen LogP contribution < -0.4 is 10.6 Å². The second-order valence-corrected chi connectivity index (χ2v) is 7.93. The van der Waals surface area contributed by atoms with E-state index in [0.717, 1.165) is 29.8 Å². The molecule has 0 aliphatic heterocycles. The van der Waals surface area contributed by atoms with Gasteiger partial charge in [-0.2, -0.15) is 5.10 Å². The van der Waals surface area contributed by atoms with E-state index in [2.05, 4.69) is 15.7 Å². The first-order valence-electron chi connectivity index (χ1n) is 10.1. The van der Waals surface area contributed by atoms with Crippen molar-refractivity contribution in [2.75, 3.05) is 18.4 Å². The van der Waals surface area contributed by atoms with Crippen LogP contribution in [0.3, 0.4) is 0 Å². The Kier molecular flexibility index (Phi) is 5.90. The fraction of sp³-hybridized carbons (Fsp3) is 0.273. The summed E-state index contributed by atoms with van der Waals surface area (Å²) in [4.78, 5) is 23.5. The molecule has 2 aromatic carbocycles. The minimum atomic E-state index is -0.436. The number of para-hydroxylation sites is 2. The highest BCUT2D eigenvalue weighted by molar-refractivity contribution is 6.31. The zero-order valence-electron chi connectivity index (χ0n) is 17.0. The summed E-state index contributed by atoms with van der Waals surface area (Å²) in [5.41, 5.74) is 3.67. The van der Waals surface area contributed by atoms with Crippen molar-refractivity contribution in [3.05, 3.63) is 80.6 Å². The molecule has 4 rings (SSSR count). The predicted molar refractivity (Wildman–Crippen MR) is 119 cm³/mol. The molecule has 1 fully saturated rings. The van der Waals surface area contributed by atoms with Crippen molar-refractivity contribution < 1.29 is 9.72 Å². The summed E-state index contributed by atoms with van der Waals surface area (Å²) in [5, 5.41) is 22.1. The van der Waals surface area contributed by atoms with Gasteiger partial charge in [-0.3, -0.25) is 14.9 Å². The van der Waals surface area contributed by atoms with E-state index in [1.54, 1.807) is 29.1 Å². The first-order valence-corrected chi connectivity index (χ1v) is 10.4. The highest BCUT2D eigenvalue weighted by atomic mass is 35.5. The van der Waals surface area contributed by atoms with Crippen molar-refractivity contribution in [2.24, 2.45) is 0 Å². The fourth-order valence-electron chi connectivity index (χ4n) is 3.45. The largest absolute Gasteiger partial charge is 0.378 e. The SMILES string of the molecule is Cc1ccc(-n2ncc(C(=O)NCCNc3ccccc3[N+](=O)[O-])c2C2CC2)cc1Cl. The Morgan fingerprint density at radius 3 is 2.74 bits per heavy atom. The molecule has 1 heterocycles. The zero-order chi connectivity index (χ0) is 22.0. The number of hydrogen-bond acceptors (Lipinski definition) is 5. The average molecular weight is 440 g/mol.